The molecule has 17 heavy (non-hydrogen) atoms. The molecule has 0 aliphatic rings. The molecular weight excluding hydrogens is 236 g/mol. The molecule has 4 nitrogen and oxygen atoms in total. The summed E-state index contributed by atoms with van der Waals surface area (Å²) in [4.78, 5) is 20.2. The van der Waals surface area contributed by atoms with Crippen LogP contribution in [0.3, 0.4) is 0 Å². The molecule has 0 atom stereocenters. The first-order valence-electron chi connectivity index (χ1n) is 5.32. The number of thiazole rings is 1. The van der Waals surface area contributed by atoms with Gasteiger partial charge >= 0.3 is 5.97 Å². The molecule has 1 N–H and O–H groups in total. The number of carboxylic acids is 1. The normalized spacial score (nSPS) is 10.4. The zero-order valence-corrected chi connectivity index (χ0v) is 10.2. The maximum Gasteiger partial charge on any atom is 0.308 e. The summed E-state index contributed by atoms with van der Waals surface area (Å²) >= 11 is 1.41. The molecular formula is C12H12N2O2S. The van der Waals surface area contributed by atoms with Crippen molar-refractivity contribution >= 4 is 17.3 Å². The van der Waals surface area contributed by atoms with Gasteiger partial charge in [0.25, 0.3) is 0 Å². The van der Waals surface area contributed by atoms with Crippen molar-refractivity contribution < 1.29 is 9.90 Å². The average Bonchev–Trinajstić information content (AvgIpc) is 2.72. The predicted molar refractivity (Wildman–Crippen MR) is 66.1 cm³/mol. The fourth-order valence-electron chi connectivity index (χ4n) is 1.53. The minimum absolute atomic E-state index is 0.0354. The maximum absolute atomic E-state index is 10.7. The van der Waals surface area contributed by atoms with Crippen molar-refractivity contribution in [2.75, 3.05) is 0 Å². The number of pyridine rings is 1. The van der Waals surface area contributed by atoms with E-state index in [2.05, 4.69) is 9.97 Å². The van der Waals surface area contributed by atoms with Gasteiger partial charge in [-0.1, -0.05) is 13.0 Å². The Kier molecular flexibility index (Phi) is 3.49. The first-order chi connectivity index (χ1) is 8.20. The minimum Gasteiger partial charge on any atom is -0.481 e. The summed E-state index contributed by atoms with van der Waals surface area (Å²) in [6.45, 7) is 1.97. The fraction of sp³-hybridized carbons (Fsp3) is 0.250. The SMILES string of the molecule is CCc1nc(-c2ccccn2)sc1CC(=O)O. The van der Waals surface area contributed by atoms with Crippen molar-refractivity contribution in [3.8, 4) is 10.7 Å². The van der Waals surface area contributed by atoms with Gasteiger partial charge in [-0.2, -0.15) is 0 Å². The van der Waals surface area contributed by atoms with Crippen molar-refractivity contribution in [1.29, 1.82) is 0 Å². The quantitative estimate of drug-likeness (QED) is 0.902. The number of hydrogen-bond acceptors (Lipinski definition) is 4. The van der Waals surface area contributed by atoms with E-state index in [1.54, 1.807) is 6.20 Å². The van der Waals surface area contributed by atoms with Gasteiger partial charge in [-0.05, 0) is 18.6 Å². The highest BCUT2D eigenvalue weighted by Gasteiger charge is 2.14. The summed E-state index contributed by atoms with van der Waals surface area (Å²) in [5.74, 6) is -0.823. The van der Waals surface area contributed by atoms with Crippen LogP contribution >= 0.6 is 11.3 Å². The van der Waals surface area contributed by atoms with E-state index in [0.717, 1.165) is 27.7 Å². The summed E-state index contributed by atoms with van der Waals surface area (Å²) in [6.07, 6.45) is 2.48. The van der Waals surface area contributed by atoms with Crippen LogP contribution in [-0.2, 0) is 17.6 Å². The van der Waals surface area contributed by atoms with E-state index in [1.165, 1.54) is 11.3 Å². The lowest BCUT2D eigenvalue weighted by Gasteiger charge is -1.93. The molecule has 0 aliphatic heterocycles. The van der Waals surface area contributed by atoms with Crippen molar-refractivity contribution in [2.45, 2.75) is 19.8 Å². The number of carbonyl (C=O) groups is 1. The van der Waals surface area contributed by atoms with E-state index >= 15 is 0 Å². The lowest BCUT2D eigenvalue weighted by atomic mass is 10.2. The number of carboxylic acid groups (broad SMARTS) is 1. The van der Waals surface area contributed by atoms with Gasteiger partial charge in [-0.25, -0.2) is 4.98 Å². The molecule has 0 aliphatic carbocycles. The number of hydrogen-bond donors (Lipinski definition) is 1. The second kappa shape index (κ2) is 5.05. The summed E-state index contributed by atoms with van der Waals surface area (Å²) < 4.78 is 0. The van der Waals surface area contributed by atoms with Gasteiger partial charge in [0, 0.05) is 11.1 Å². The zero-order valence-electron chi connectivity index (χ0n) is 9.38. The van der Waals surface area contributed by atoms with Crippen LogP contribution in [0.4, 0.5) is 0 Å². The number of aryl methyl sites for hydroxylation is 1. The van der Waals surface area contributed by atoms with Crippen LogP contribution in [0.25, 0.3) is 10.7 Å². The Morgan fingerprint density at radius 3 is 2.88 bits per heavy atom. The van der Waals surface area contributed by atoms with Crippen LogP contribution in [0, 0.1) is 0 Å². The highest BCUT2D eigenvalue weighted by molar-refractivity contribution is 7.15. The highest BCUT2D eigenvalue weighted by atomic mass is 32.1. The number of aromatic nitrogens is 2. The molecule has 0 spiro atoms. The first kappa shape index (κ1) is 11.7. The fourth-order valence-corrected chi connectivity index (χ4v) is 2.65. The topological polar surface area (TPSA) is 63.1 Å². The minimum atomic E-state index is -0.823. The smallest absolute Gasteiger partial charge is 0.308 e. The zero-order chi connectivity index (χ0) is 12.3. The molecule has 2 aromatic heterocycles. The molecule has 0 bridgehead atoms. The van der Waals surface area contributed by atoms with E-state index in [1.807, 2.05) is 25.1 Å². The number of nitrogens with zero attached hydrogens (tertiary/aromatic N) is 2. The van der Waals surface area contributed by atoms with Gasteiger partial charge in [-0.3, -0.25) is 9.78 Å². The Labute approximate surface area is 103 Å². The van der Waals surface area contributed by atoms with E-state index in [9.17, 15) is 4.79 Å². The molecule has 0 saturated heterocycles. The lowest BCUT2D eigenvalue weighted by molar-refractivity contribution is -0.136. The third-order valence-corrected chi connectivity index (χ3v) is 3.43. The summed E-state index contributed by atoms with van der Waals surface area (Å²) in [5, 5.41) is 9.62. The monoisotopic (exact) mass is 248 g/mol. The molecule has 0 saturated carbocycles. The van der Waals surface area contributed by atoms with E-state index in [0.29, 0.717) is 0 Å². The Balaban J connectivity index is 2.37. The summed E-state index contributed by atoms with van der Waals surface area (Å²) in [6, 6.07) is 5.62. The Morgan fingerprint density at radius 1 is 1.47 bits per heavy atom. The van der Waals surface area contributed by atoms with E-state index in [4.69, 9.17) is 5.11 Å². The van der Waals surface area contributed by atoms with Gasteiger partial charge < -0.3 is 5.11 Å². The van der Waals surface area contributed by atoms with Crippen LogP contribution < -0.4 is 0 Å². The third-order valence-electron chi connectivity index (χ3n) is 2.31. The molecule has 0 fully saturated rings. The lowest BCUT2D eigenvalue weighted by Crippen LogP contribution is -2.00. The van der Waals surface area contributed by atoms with Crippen molar-refractivity contribution in [3.05, 3.63) is 35.0 Å². The predicted octanol–water partition coefficient (Wildman–Crippen LogP) is 2.39. The molecule has 2 aromatic rings. The second-order valence-corrected chi connectivity index (χ2v) is 4.61. The second-order valence-electron chi connectivity index (χ2n) is 3.53. The van der Waals surface area contributed by atoms with E-state index in [-0.39, 0.29) is 6.42 Å². The van der Waals surface area contributed by atoms with Gasteiger partial charge in [0.1, 0.15) is 5.01 Å². The van der Waals surface area contributed by atoms with Gasteiger partial charge in [0.05, 0.1) is 17.8 Å². The number of aliphatic carboxylic acids is 1. The first-order valence-corrected chi connectivity index (χ1v) is 6.14. The standard InChI is InChI=1S/C12H12N2O2S/c1-2-8-10(7-11(15)16)17-12(14-8)9-5-3-4-6-13-9/h3-6H,2,7H2,1H3,(H,15,16). The third kappa shape index (κ3) is 2.68. The van der Waals surface area contributed by atoms with Crippen molar-refractivity contribution in [2.24, 2.45) is 0 Å². The van der Waals surface area contributed by atoms with Gasteiger partial charge in [0.15, 0.2) is 0 Å². The molecule has 2 heterocycles. The average molecular weight is 248 g/mol. The van der Waals surface area contributed by atoms with Gasteiger partial charge in [-0.15, -0.1) is 11.3 Å². The Hall–Kier alpha value is -1.75. The van der Waals surface area contributed by atoms with Crippen LogP contribution in [0.15, 0.2) is 24.4 Å². The summed E-state index contributed by atoms with van der Waals surface area (Å²) in [5.41, 5.74) is 1.65. The molecule has 0 unspecified atom stereocenters. The molecule has 0 aromatic carbocycles. The largest absolute Gasteiger partial charge is 0.481 e. The summed E-state index contributed by atoms with van der Waals surface area (Å²) in [7, 11) is 0. The Bertz CT molecular complexity index is 523. The molecule has 88 valence electrons. The van der Waals surface area contributed by atoms with Crippen LogP contribution in [-0.4, -0.2) is 21.0 Å². The Morgan fingerprint density at radius 2 is 2.29 bits per heavy atom. The van der Waals surface area contributed by atoms with E-state index < -0.39 is 5.97 Å². The molecule has 0 radical (unpaired) electrons. The van der Waals surface area contributed by atoms with Gasteiger partial charge in [0.2, 0.25) is 0 Å². The molecule has 5 heteroatoms. The van der Waals surface area contributed by atoms with Crippen molar-refractivity contribution in [1.82, 2.24) is 9.97 Å². The van der Waals surface area contributed by atoms with Crippen LogP contribution in [0.1, 0.15) is 17.5 Å². The van der Waals surface area contributed by atoms with Crippen molar-refractivity contribution in [3.63, 3.8) is 0 Å². The van der Waals surface area contributed by atoms with Crippen LogP contribution in [0.2, 0.25) is 0 Å². The van der Waals surface area contributed by atoms with Crippen LogP contribution in [0.5, 0.6) is 0 Å². The highest BCUT2D eigenvalue weighted by Crippen LogP contribution is 2.27. The number of rotatable bonds is 4. The molecule has 2 rings (SSSR count). The molecule has 0 amide bonds. The maximum atomic E-state index is 10.7.